The first-order chi connectivity index (χ1) is 16.1. The van der Waals surface area contributed by atoms with Gasteiger partial charge in [0.25, 0.3) is 0 Å². The molecule has 1 aromatic carbocycles. The molecule has 3 aliphatic carbocycles. The van der Waals surface area contributed by atoms with Crippen LogP contribution >= 0.6 is 0 Å². The number of hydrogen-bond acceptors (Lipinski definition) is 1. The molecule has 5 unspecified atom stereocenters. The van der Waals surface area contributed by atoms with Crippen LogP contribution in [0.4, 0.5) is 8.78 Å². The van der Waals surface area contributed by atoms with Crippen LogP contribution in [0.2, 0.25) is 0 Å². The maximum atomic E-state index is 15.0. The highest BCUT2D eigenvalue weighted by Crippen LogP contribution is 2.49. The second-order valence-corrected chi connectivity index (χ2v) is 11.1. The number of aryl methyl sites for hydroxylation is 1. The Morgan fingerprint density at radius 3 is 2.45 bits per heavy atom. The van der Waals surface area contributed by atoms with Gasteiger partial charge in [0.1, 0.15) is 6.61 Å². The van der Waals surface area contributed by atoms with Gasteiger partial charge in [0.15, 0.2) is 11.6 Å². The summed E-state index contributed by atoms with van der Waals surface area (Å²) in [4.78, 5) is 0. The van der Waals surface area contributed by atoms with Gasteiger partial charge in [-0.1, -0.05) is 57.6 Å². The molecule has 2 saturated carbocycles. The van der Waals surface area contributed by atoms with Gasteiger partial charge in [-0.15, -0.1) is 0 Å². The minimum absolute atomic E-state index is 0.0646. The van der Waals surface area contributed by atoms with Crippen LogP contribution in [0.15, 0.2) is 18.2 Å². The molecule has 184 valence electrons. The van der Waals surface area contributed by atoms with Crippen LogP contribution in [0.5, 0.6) is 5.75 Å². The summed E-state index contributed by atoms with van der Waals surface area (Å²) in [5.41, 5.74) is 1.58. The molecule has 0 saturated heterocycles. The molecule has 2 fully saturated rings. The second kappa shape index (κ2) is 11.8. The fourth-order valence-corrected chi connectivity index (χ4v) is 7.15. The molecule has 1 aromatic rings. The third-order valence-electron chi connectivity index (χ3n) is 9.08. The lowest BCUT2D eigenvalue weighted by Gasteiger charge is -2.45. The molecule has 3 aliphatic rings. The van der Waals surface area contributed by atoms with E-state index in [4.69, 9.17) is 4.74 Å². The summed E-state index contributed by atoms with van der Waals surface area (Å²) in [6.45, 7) is 4.46. The van der Waals surface area contributed by atoms with Crippen LogP contribution in [0.1, 0.15) is 102 Å². The SMILES string of the molecule is C/C=C/COc1cc2c(c(F)c1F)CC(C1CCC3CC(CCCCCC)CCC3C1)CC2. The summed E-state index contributed by atoms with van der Waals surface area (Å²) < 4.78 is 35.1. The van der Waals surface area contributed by atoms with Crippen molar-refractivity contribution in [3.63, 3.8) is 0 Å². The van der Waals surface area contributed by atoms with Crippen molar-refractivity contribution < 1.29 is 13.5 Å². The van der Waals surface area contributed by atoms with Crippen molar-refractivity contribution in [3.05, 3.63) is 41.0 Å². The number of halogens is 2. The first-order valence-electron chi connectivity index (χ1n) is 13.8. The minimum atomic E-state index is -0.806. The lowest BCUT2D eigenvalue weighted by atomic mass is 9.60. The van der Waals surface area contributed by atoms with Gasteiger partial charge in [0.2, 0.25) is 5.82 Å². The Morgan fingerprint density at radius 2 is 1.67 bits per heavy atom. The summed E-state index contributed by atoms with van der Waals surface area (Å²) in [5, 5.41) is 0. The molecular weight excluding hydrogens is 414 g/mol. The molecule has 0 amide bonds. The molecule has 0 N–H and O–H groups in total. The molecule has 0 aromatic heterocycles. The van der Waals surface area contributed by atoms with Crippen molar-refractivity contribution in [2.45, 2.75) is 104 Å². The molecule has 1 nitrogen and oxygen atoms in total. The zero-order valence-corrected chi connectivity index (χ0v) is 20.9. The summed E-state index contributed by atoms with van der Waals surface area (Å²) in [6, 6.07) is 1.76. The molecule has 3 heteroatoms. The van der Waals surface area contributed by atoms with Crippen molar-refractivity contribution >= 4 is 0 Å². The molecule has 0 aliphatic heterocycles. The summed E-state index contributed by atoms with van der Waals surface area (Å²) in [5.74, 6) is 2.55. The predicted molar refractivity (Wildman–Crippen MR) is 133 cm³/mol. The predicted octanol–water partition coefficient (Wildman–Crippen LogP) is 8.83. The van der Waals surface area contributed by atoms with Crippen molar-refractivity contribution in [2.24, 2.45) is 29.6 Å². The van der Waals surface area contributed by atoms with E-state index in [0.717, 1.165) is 36.2 Å². The molecule has 0 bridgehead atoms. The molecule has 0 heterocycles. The largest absolute Gasteiger partial charge is 0.486 e. The Bertz CT molecular complexity index is 801. The highest BCUT2D eigenvalue weighted by molar-refractivity contribution is 5.40. The van der Waals surface area contributed by atoms with E-state index in [1.54, 1.807) is 6.07 Å². The Labute approximate surface area is 200 Å². The molecule has 4 rings (SSSR count). The number of allylic oxidation sites excluding steroid dienone is 1. The molecule has 0 radical (unpaired) electrons. The number of ether oxygens (including phenoxy) is 1. The van der Waals surface area contributed by atoms with E-state index in [2.05, 4.69) is 6.92 Å². The molecule has 0 spiro atoms. The second-order valence-electron chi connectivity index (χ2n) is 11.1. The van der Waals surface area contributed by atoms with Gasteiger partial charge in [-0.25, -0.2) is 4.39 Å². The van der Waals surface area contributed by atoms with Crippen LogP contribution in [0.25, 0.3) is 0 Å². The van der Waals surface area contributed by atoms with E-state index >= 15 is 0 Å². The summed E-state index contributed by atoms with van der Waals surface area (Å²) in [6.07, 6.45) is 21.5. The van der Waals surface area contributed by atoms with Crippen molar-refractivity contribution in [1.82, 2.24) is 0 Å². The zero-order valence-electron chi connectivity index (χ0n) is 20.9. The Balaban J connectivity index is 1.32. The van der Waals surface area contributed by atoms with Gasteiger partial charge in [-0.05, 0) is 105 Å². The van der Waals surface area contributed by atoms with E-state index in [1.165, 1.54) is 70.6 Å². The van der Waals surface area contributed by atoms with Gasteiger partial charge in [-0.3, -0.25) is 0 Å². The molecule has 5 atom stereocenters. The third kappa shape index (κ3) is 6.01. The standard InChI is InChI=1S/C30H44F2O/c1-3-5-7-8-9-21-10-11-23-18-24(13-12-22(23)17-21)25-14-15-26-20-28(33-16-6-4-2)30(32)29(31)27(26)19-25/h4,6,20-25H,3,5,7-19H2,1-2H3/b6-4+. The topological polar surface area (TPSA) is 9.23 Å². The van der Waals surface area contributed by atoms with E-state index in [-0.39, 0.29) is 12.4 Å². The van der Waals surface area contributed by atoms with Crippen molar-refractivity contribution in [2.75, 3.05) is 6.61 Å². The summed E-state index contributed by atoms with van der Waals surface area (Å²) in [7, 11) is 0. The quantitative estimate of drug-likeness (QED) is 0.265. The van der Waals surface area contributed by atoms with Gasteiger partial charge < -0.3 is 4.74 Å². The van der Waals surface area contributed by atoms with Gasteiger partial charge in [0.05, 0.1) is 0 Å². The maximum Gasteiger partial charge on any atom is 0.200 e. The fraction of sp³-hybridized carbons (Fsp3) is 0.733. The summed E-state index contributed by atoms with van der Waals surface area (Å²) >= 11 is 0. The van der Waals surface area contributed by atoms with Gasteiger partial charge in [-0.2, -0.15) is 4.39 Å². The van der Waals surface area contributed by atoms with Crippen LogP contribution in [0.3, 0.4) is 0 Å². The monoisotopic (exact) mass is 458 g/mol. The number of benzene rings is 1. The van der Waals surface area contributed by atoms with E-state index in [0.29, 0.717) is 23.8 Å². The van der Waals surface area contributed by atoms with E-state index in [9.17, 15) is 8.78 Å². The van der Waals surface area contributed by atoms with E-state index in [1.807, 2.05) is 19.1 Å². The van der Waals surface area contributed by atoms with Crippen LogP contribution < -0.4 is 4.74 Å². The maximum absolute atomic E-state index is 15.0. The van der Waals surface area contributed by atoms with Gasteiger partial charge >= 0.3 is 0 Å². The van der Waals surface area contributed by atoms with Crippen LogP contribution in [-0.2, 0) is 12.8 Å². The van der Waals surface area contributed by atoms with E-state index < -0.39 is 11.6 Å². The minimum Gasteiger partial charge on any atom is -0.486 e. The lowest BCUT2D eigenvalue weighted by Crippen LogP contribution is -2.35. The first-order valence-corrected chi connectivity index (χ1v) is 13.8. The number of hydrogen-bond donors (Lipinski definition) is 0. The third-order valence-corrected chi connectivity index (χ3v) is 9.08. The smallest absolute Gasteiger partial charge is 0.200 e. The molecular formula is C30H44F2O. The Hall–Kier alpha value is -1.38. The number of fused-ring (bicyclic) bond motifs is 2. The molecule has 33 heavy (non-hydrogen) atoms. The fourth-order valence-electron chi connectivity index (χ4n) is 7.15. The van der Waals surface area contributed by atoms with Crippen LogP contribution in [-0.4, -0.2) is 6.61 Å². The highest BCUT2D eigenvalue weighted by atomic mass is 19.2. The highest BCUT2D eigenvalue weighted by Gasteiger charge is 2.39. The van der Waals surface area contributed by atoms with Crippen molar-refractivity contribution in [3.8, 4) is 5.75 Å². The number of rotatable bonds is 9. The number of unbranched alkanes of at least 4 members (excludes halogenated alkanes) is 3. The Kier molecular flexibility index (Phi) is 8.88. The average molecular weight is 459 g/mol. The van der Waals surface area contributed by atoms with Gasteiger partial charge in [0, 0.05) is 0 Å². The van der Waals surface area contributed by atoms with Crippen LogP contribution in [0, 0.1) is 41.2 Å². The normalized spacial score (nSPS) is 29.6. The zero-order chi connectivity index (χ0) is 23.2. The van der Waals surface area contributed by atoms with Crippen molar-refractivity contribution in [1.29, 1.82) is 0 Å². The average Bonchev–Trinajstić information content (AvgIpc) is 2.84. The first kappa shape index (κ1) is 24.7. The lowest BCUT2D eigenvalue weighted by molar-refractivity contribution is 0.0686. The Morgan fingerprint density at radius 1 is 0.909 bits per heavy atom.